The Kier molecular flexibility index (Phi) is 8.88. The van der Waals surface area contributed by atoms with Gasteiger partial charge in [-0.3, -0.25) is 4.79 Å². The molecule has 1 aromatic heterocycles. The number of halogens is 1. The lowest BCUT2D eigenvalue weighted by Gasteiger charge is -2.37. The van der Waals surface area contributed by atoms with Gasteiger partial charge in [-0.1, -0.05) is 44.7 Å². The Balaban J connectivity index is 1.89. The van der Waals surface area contributed by atoms with Gasteiger partial charge in [-0.05, 0) is 25.1 Å². The fourth-order valence-corrected chi connectivity index (χ4v) is 3.74. The molecule has 1 aliphatic rings. The standard InChI is InChI=1S/C27H33FN4O4/c1-17(2)10-11-20-12-21-25(29-13-20)36-24(18(3)14-32(26(21)34)19(4)16-33)15-31(5)27(35)30-23-9-7-6-8-22(23)28/h6-9,12-13,17-19,24,33H,14-16H2,1-5H3,(H,30,35)/t18-,19-,24+/m1/s1. The monoisotopic (exact) mass is 496 g/mol. The number of nitrogens with zero attached hydrogens (tertiary/aromatic N) is 3. The number of anilines is 1. The summed E-state index contributed by atoms with van der Waals surface area (Å²) in [6, 6.07) is 6.65. The predicted molar refractivity (Wildman–Crippen MR) is 135 cm³/mol. The number of pyridine rings is 1. The molecule has 3 rings (SSSR count). The zero-order chi connectivity index (χ0) is 26.4. The van der Waals surface area contributed by atoms with Crippen LogP contribution in [0.5, 0.6) is 5.88 Å². The number of para-hydroxylation sites is 1. The van der Waals surface area contributed by atoms with Gasteiger partial charge in [0.15, 0.2) is 0 Å². The Morgan fingerprint density at radius 2 is 2.08 bits per heavy atom. The number of hydrogen-bond acceptors (Lipinski definition) is 5. The van der Waals surface area contributed by atoms with Crippen LogP contribution in [0.25, 0.3) is 0 Å². The molecule has 3 amide bonds. The number of carbonyl (C=O) groups excluding carboxylic acids is 2. The van der Waals surface area contributed by atoms with E-state index in [9.17, 15) is 19.1 Å². The molecular weight excluding hydrogens is 463 g/mol. The average Bonchev–Trinajstić information content (AvgIpc) is 2.85. The highest BCUT2D eigenvalue weighted by Gasteiger charge is 2.34. The molecule has 0 radical (unpaired) electrons. The van der Waals surface area contributed by atoms with Crippen molar-refractivity contribution in [3.8, 4) is 17.7 Å². The highest BCUT2D eigenvalue weighted by Crippen LogP contribution is 2.27. The zero-order valence-corrected chi connectivity index (χ0v) is 21.3. The van der Waals surface area contributed by atoms with Crippen LogP contribution in [0.2, 0.25) is 0 Å². The molecule has 0 spiro atoms. The number of urea groups is 1. The molecule has 0 fully saturated rings. The Morgan fingerprint density at radius 1 is 1.36 bits per heavy atom. The summed E-state index contributed by atoms with van der Waals surface area (Å²) in [7, 11) is 1.59. The van der Waals surface area contributed by atoms with Crippen LogP contribution in [-0.4, -0.2) is 70.7 Å². The highest BCUT2D eigenvalue weighted by atomic mass is 19.1. The van der Waals surface area contributed by atoms with Crippen molar-refractivity contribution in [2.24, 2.45) is 11.8 Å². The van der Waals surface area contributed by atoms with E-state index in [0.717, 1.165) is 0 Å². The number of carbonyl (C=O) groups is 2. The number of nitrogens with one attached hydrogen (secondary N) is 1. The third kappa shape index (κ3) is 6.52. The molecule has 2 heterocycles. The largest absolute Gasteiger partial charge is 0.472 e. The molecule has 9 heteroatoms. The van der Waals surface area contributed by atoms with Crippen LogP contribution in [0.3, 0.4) is 0 Å². The van der Waals surface area contributed by atoms with Crippen molar-refractivity contribution < 1.29 is 23.8 Å². The molecule has 0 saturated heterocycles. The first kappa shape index (κ1) is 27.0. The van der Waals surface area contributed by atoms with Crippen LogP contribution in [0, 0.1) is 29.5 Å². The lowest BCUT2D eigenvalue weighted by Crippen LogP contribution is -2.50. The Bertz CT molecular complexity index is 1160. The molecule has 8 nitrogen and oxygen atoms in total. The van der Waals surface area contributed by atoms with E-state index in [2.05, 4.69) is 22.1 Å². The summed E-state index contributed by atoms with van der Waals surface area (Å²) in [5.74, 6) is 5.34. The molecule has 1 aromatic carbocycles. The number of aliphatic hydroxyl groups is 1. The van der Waals surface area contributed by atoms with Crippen LogP contribution in [0.15, 0.2) is 36.5 Å². The topological polar surface area (TPSA) is 95.0 Å². The van der Waals surface area contributed by atoms with Gasteiger partial charge < -0.3 is 25.0 Å². The van der Waals surface area contributed by atoms with E-state index in [-0.39, 0.29) is 48.0 Å². The molecule has 36 heavy (non-hydrogen) atoms. The predicted octanol–water partition coefficient (Wildman–Crippen LogP) is 3.61. The first-order chi connectivity index (χ1) is 17.1. The minimum absolute atomic E-state index is 0.0802. The number of likely N-dealkylation sites (N-methyl/N-ethyl adjacent to an activating group) is 1. The number of ether oxygens (including phenoxy) is 1. The Morgan fingerprint density at radius 3 is 2.75 bits per heavy atom. The second-order valence-corrected chi connectivity index (χ2v) is 9.41. The van der Waals surface area contributed by atoms with E-state index in [1.165, 1.54) is 17.0 Å². The number of aromatic nitrogens is 1. The van der Waals surface area contributed by atoms with Crippen LogP contribution in [0.4, 0.5) is 14.9 Å². The second kappa shape index (κ2) is 11.9. The molecule has 192 valence electrons. The lowest BCUT2D eigenvalue weighted by atomic mass is 10.00. The van der Waals surface area contributed by atoms with Crippen LogP contribution in [0.1, 0.15) is 43.6 Å². The van der Waals surface area contributed by atoms with E-state index in [1.54, 1.807) is 43.3 Å². The second-order valence-electron chi connectivity index (χ2n) is 9.41. The molecule has 0 saturated carbocycles. The van der Waals surface area contributed by atoms with Gasteiger partial charge in [0, 0.05) is 37.2 Å². The fraction of sp³-hybridized carbons (Fsp3) is 0.444. The van der Waals surface area contributed by atoms with Gasteiger partial charge in [0.2, 0.25) is 5.88 Å². The number of hydrogen-bond donors (Lipinski definition) is 2. The number of aliphatic hydroxyl groups excluding tert-OH is 1. The van der Waals surface area contributed by atoms with Crippen molar-refractivity contribution in [2.75, 3.05) is 32.1 Å². The Labute approximate surface area is 211 Å². The first-order valence-corrected chi connectivity index (χ1v) is 12.0. The zero-order valence-electron chi connectivity index (χ0n) is 21.3. The Hall–Kier alpha value is -3.64. The molecule has 2 aromatic rings. The maximum Gasteiger partial charge on any atom is 0.321 e. The summed E-state index contributed by atoms with van der Waals surface area (Å²) < 4.78 is 20.2. The average molecular weight is 497 g/mol. The molecule has 0 bridgehead atoms. The van der Waals surface area contributed by atoms with E-state index >= 15 is 0 Å². The minimum atomic E-state index is -0.531. The fourth-order valence-electron chi connectivity index (χ4n) is 3.74. The molecule has 0 aliphatic carbocycles. The minimum Gasteiger partial charge on any atom is -0.472 e. The molecule has 2 N–H and O–H groups in total. The van der Waals surface area contributed by atoms with Gasteiger partial charge in [0.25, 0.3) is 5.91 Å². The first-order valence-electron chi connectivity index (χ1n) is 12.0. The van der Waals surface area contributed by atoms with Gasteiger partial charge in [-0.15, -0.1) is 0 Å². The van der Waals surface area contributed by atoms with E-state index in [4.69, 9.17) is 4.74 Å². The highest BCUT2D eigenvalue weighted by molar-refractivity contribution is 5.97. The van der Waals surface area contributed by atoms with E-state index in [1.807, 2.05) is 20.8 Å². The van der Waals surface area contributed by atoms with Crippen LogP contribution in [-0.2, 0) is 0 Å². The maximum atomic E-state index is 14.0. The third-order valence-electron chi connectivity index (χ3n) is 5.94. The SMILES string of the molecule is CC(C)C#Cc1cnc2c(c1)C(=O)N([C@H](C)CO)C[C@@H](C)[C@H](CN(C)C(=O)Nc1ccccc1F)O2. The summed E-state index contributed by atoms with van der Waals surface area (Å²) in [6.07, 6.45) is 1.03. The van der Waals surface area contributed by atoms with Gasteiger partial charge in [0.1, 0.15) is 17.5 Å². The number of benzene rings is 1. The van der Waals surface area contributed by atoms with Crippen molar-refractivity contribution in [2.45, 2.75) is 39.8 Å². The summed E-state index contributed by atoms with van der Waals surface area (Å²) in [6.45, 7) is 7.87. The van der Waals surface area contributed by atoms with Gasteiger partial charge in [-0.25, -0.2) is 14.2 Å². The molecular formula is C27H33FN4O4. The van der Waals surface area contributed by atoms with Crippen molar-refractivity contribution in [3.05, 3.63) is 53.5 Å². The van der Waals surface area contributed by atoms with E-state index < -0.39 is 24.0 Å². The molecule has 3 atom stereocenters. The smallest absolute Gasteiger partial charge is 0.321 e. The van der Waals surface area contributed by atoms with Gasteiger partial charge in [-0.2, -0.15) is 0 Å². The van der Waals surface area contributed by atoms with Crippen molar-refractivity contribution in [3.63, 3.8) is 0 Å². The summed E-state index contributed by atoms with van der Waals surface area (Å²) in [4.78, 5) is 33.6. The van der Waals surface area contributed by atoms with Crippen molar-refractivity contribution in [1.82, 2.24) is 14.8 Å². The number of rotatable bonds is 5. The van der Waals surface area contributed by atoms with Crippen LogP contribution >= 0.6 is 0 Å². The van der Waals surface area contributed by atoms with Gasteiger partial charge in [0.05, 0.1) is 24.9 Å². The van der Waals surface area contributed by atoms with Gasteiger partial charge >= 0.3 is 6.03 Å². The lowest BCUT2D eigenvalue weighted by molar-refractivity contribution is 0.0356. The quantitative estimate of drug-likeness (QED) is 0.617. The summed E-state index contributed by atoms with van der Waals surface area (Å²) >= 11 is 0. The third-order valence-corrected chi connectivity index (χ3v) is 5.94. The normalized spacial score (nSPS) is 18.2. The number of amides is 3. The summed E-state index contributed by atoms with van der Waals surface area (Å²) in [5.41, 5.74) is 0.917. The van der Waals surface area contributed by atoms with Crippen molar-refractivity contribution >= 4 is 17.6 Å². The van der Waals surface area contributed by atoms with E-state index in [0.29, 0.717) is 12.1 Å². The number of fused-ring (bicyclic) bond motifs is 1. The summed E-state index contributed by atoms with van der Waals surface area (Å²) in [5, 5.41) is 12.4. The molecule has 0 unspecified atom stereocenters. The molecule has 1 aliphatic heterocycles. The van der Waals surface area contributed by atoms with Crippen LogP contribution < -0.4 is 10.1 Å². The van der Waals surface area contributed by atoms with Crippen molar-refractivity contribution in [1.29, 1.82) is 0 Å². The maximum absolute atomic E-state index is 14.0.